The van der Waals surface area contributed by atoms with Crippen molar-refractivity contribution in [2.45, 2.75) is 43.9 Å². The number of hydrogen-bond donors (Lipinski definition) is 1. The average molecular weight is 387 g/mol. The van der Waals surface area contributed by atoms with Crippen molar-refractivity contribution >= 4 is 21.6 Å². The molecule has 0 unspecified atom stereocenters. The van der Waals surface area contributed by atoms with E-state index in [-0.39, 0.29) is 16.2 Å². The first-order valence-corrected chi connectivity index (χ1v) is 10.6. The molecule has 1 N–H and O–H groups in total. The number of anilines is 1. The van der Waals surface area contributed by atoms with Crippen molar-refractivity contribution < 1.29 is 13.2 Å². The predicted molar refractivity (Wildman–Crippen MR) is 108 cm³/mol. The Kier molecular flexibility index (Phi) is 5.40. The zero-order valence-corrected chi connectivity index (χ0v) is 16.8. The molecule has 1 saturated heterocycles. The molecule has 1 amide bonds. The van der Waals surface area contributed by atoms with Crippen molar-refractivity contribution in [3.63, 3.8) is 0 Å². The van der Waals surface area contributed by atoms with Gasteiger partial charge in [0.05, 0.1) is 4.90 Å². The maximum absolute atomic E-state index is 12.5. The lowest BCUT2D eigenvalue weighted by molar-refractivity contribution is 0.102. The molecule has 27 heavy (non-hydrogen) atoms. The topological polar surface area (TPSA) is 66.5 Å². The van der Waals surface area contributed by atoms with Gasteiger partial charge in [0.15, 0.2) is 0 Å². The molecule has 3 rings (SSSR count). The zero-order valence-electron chi connectivity index (χ0n) is 16.0. The molecule has 0 saturated carbocycles. The Morgan fingerprint density at radius 1 is 0.926 bits per heavy atom. The lowest BCUT2D eigenvalue weighted by atomic mass is 9.87. The van der Waals surface area contributed by atoms with Crippen LogP contribution >= 0.6 is 0 Å². The Hall–Kier alpha value is -2.18. The highest BCUT2D eigenvalue weighted by Crippen LogP contribution is 2.24. The average Bonchev–Trinajstić information content (AvgIpc) is 3.17. The van der Waals surface area contributed by atoms with Crippen LogP contribution in [0.2, 0.25) is 0 Å². The first-order valence-electron chi connectivity index (χ1n) is 9.20. The summed E-state index contributed by atoms with van der Waals surface area (Å²) in [6, 6.07) is 13.9. The first kappa shape index (κ1) is 19.6. The normalized spacial score (nSPS) is 15.7. The minimum absolute atomic E-state index is 0.0548. The lowest BCUT2D eigenvalue weighted by Crippen LogP contribution is -2.27. The highest BCUT2D eigenvalue weighted by atomic mass is 32.2. The van der Waals surface area contributed by atoms with Gasteiger partial charge in [-0.25, -0.2) is 8.42 Å². The smallest absolute Gasteiger partial charge is 0.255 e. The predicted octanol–water partition coefficient (Wildman–Crippen LogP) is 4.02. The zero-order chi connectivity index (χ0) is 19.7. The summed E-state index contributed by atoms with van der Waals surface area (Å²) >= 11 is 0. The van der Waals surface area contributed by atoms with Crippen molar-refractivity contribution in [1.82, 2.24) is 4.31 Å². The first-order chi connectivity index (χ1) is 12.7. The molecule has 0 atom stereocenters. The fraction of sp³-hybridized carbons (Fsp3) is 0.381. The van der Waals surface area contributed by atoms with Crippen LogP contribution in [0.25, 0.3) is 0 Å². The number of amides is 1. The molecular weight excluding hydrogens is 360 g/mol. The molecule has 6 heteroatoms. The molecule has 1 fully saturated rings. The fourth-order valence-corrected chi connectivity index (χ4v) is 4.63. The number of rotatable bonds is 4. The second-order valence-electron chi connectivity index (χ2n) is 7.92. The SMILES string of the molecule is CC(C)(C)c1ccc(NC(=O)c2ccc(S(=O)(=O)N3CCCC3)cc2)cc1. The number of carbonyl (C=O) groups excluding carboxylic acids is 1. The second kappa shape index (κ2) is 7.44. The van der Waals surface area contributed by atoms with Gasteiger partial charge in [-0.3, -0.25) is 4.79 Å². The van der Waals surface area contributed by atoms with Crippen LogP contribution in [0.4, 0.5) is 5.69 Å². The molecule has 1 heterocycles. The van der Waals surface area contributed by atoms with E-state index in [1.54, 1.807) is 12.1 Å². The minimum Gasteiger partial charge on any atom is -0.322 e. The van der Waals surface area contributed by atoms with Crippen molar-refractivity contribution in [2.24, 2.45) is 0 Å². The van der Waals surface area contributed by atoms with Crippen LogP contribution in [0.5, 0.6) is 0 Å². The van der Waals surface area contributed by atoms with Crippen molar-refractivity contribution in [1.29, 1.82) is 0 Å². The van der Waals surface area contributed by atoms with Crippen molar-refractivity contribution in [3.8, 4) is 0 Å². The number of nitrogens with zero attached hydrogens (tertiary/aromatic N) is 1. The molecule has 5 nitrogen and oxygen atoms in total. The molecule has 0 aromatic heterocycles. The van der Waals surface area contributed by atoms with Crippen LogP contribution in [0, 0.1) is 0 Å². The van der Waals surface area contributed by atoms with Gasteiger partial charge in [-0.2, -0.15) is 4.31 Å². The molecule has 0 radical (unpaired) electrons. The third-order valence-corrected chi connectivity index (χ3v) is 6.74. The molecule has 2 aromatic rings. The molecule has 144 valence electrons. The van der Waals surface area contributed by atoms with Gasteiger partial charge in [0.1, 0.15) is 0 Å². The van der Waals surface area contributed by atoms with Gasteiger partial charge in [0, 0.05) is 24.3 Å². The highest BCUT2D eigenvalue weighted by molar-refractivity contribution is 7.89. The number of benzene rings is 2. The minimum atomic E-state index is -3.46. The van der Waals surface area contributed by atoms with Crippen LogP contribution in [-0.4, -0.2) is 31.7 Å². The van der Waals surface area contributed by atoms with E-state index in [2.05, 4.69) is 26.1 Å². The number of sulfonamides is 1. The van der Waals surface area contributed by atoms with Gasteiger partial charge in [-0.05, 0) is 60.2 Å². The van der Waals surface area contributed by atoms with Gasteiger partial charge in [-0.15, -0.1) is 0 Å². The van der Waals surface area contributed by atoms with Crippen molar-refractivity contribution in [2.75, 3.05) is 18.4 Å². The summed E-state index contributed by atoms with van der Waals surface area (Å²) in [5.41, 5.74) is 2.38. The van der Waals surface area contributed by atoms with E-state index < -0.39 is 10.0 Å². The monoisotopic (exact) mass is 386 g/mol. The molecular formula is C21H26N2O3S. The van der Waals surface area contributed by atoms with Crippen LogP contribution in [0.3, 0.4) is 0 Å². The summed E-state index contributed by atoms with van der Waals surface area (Å²) in [4.78, 5) is 12.7. The van der Waals surface area contributed by atoms with Gasteiger partial charge in [0.2, 0.25) is 10.0 Å². The molecule has 1 aliphatic rings. The standard InChI is InChI=1S/C21H26N2O3S/c1-21(2,3)17-8-10-18(11-9-17)22-20(24)16-6-12-19(13-7-16)27(25,26)23-14-4-5-15-23/h6-13H,4-5,14-15H2,1-3H3,(H,22,24). The van der Waals surface area contributed by atoms with Crippen molar-refractivity contribution in [3.05, 3.63) is 59.7 Å². The van der Waals surface area contributed by atoms with E-state index in [9.17, 15) is 13.2 Å². The Balaban J connectivity index is 1.70. The summed E-state index contributed by atoms with van der Waals surface area (Å²) in [5.74, 6) is -0.261. The van der Waals surface area contributed by atoms with E-state index >= 15 is 0 Å². The van der Waals surface area contributed by atoms with E-state index in [4.69, 9.17) is 0 Å². The molecule has 0 spiro atoms. The van der Waals surface area contributed by atoms with Crippen LogP contribution in [0.15, 0.2) is 53.4 Å². The van der Waals surface area contributed by atoms with Gasteiger partial charge in [0.25, 0.3) is 5.91 Å². The third kappa shape index (κ3) is 4.39. The molecule has 0 bridgehead atoms. The summed E-state index contributed by atoms with van der Waals surface area (Å²) in [6.45, 7) is 7.54. The van der Waals surface area contributed by atoms with Crippen LogP contribution in [-0.2, 0) is 15.4 Å². The number of carbonyl (C=O) groups is 1. The molecule has 0 aliphatic carbocycles. The maximum atomic E-state index is 12.5. The number of hydrogen-bond acceptors (Lipinski definition) is 3. The van der Waals surface area contributed by atoms with Crippen LogP contribution < -0.4 is 5.32 Å². The van der Waals surface area contributed by atoms with Crippen LogP contribution in [0.1, 0.15) is 49.5 Å². The van der Waals surface area contributed by atoms with E-state index in [0.717, 1.165) is 12.8 Å². The summed E-state index contributed by atoms with van der Waals surface area (Å²) in [5, 5.41) is 2.85. The van der Waals surface area contributed by atoms with E-state index in [1.165, 1.54) is 22.0 Å². The third-order valence-electron chi connectivity index (χ3n) is 4.83. The van der Waals surface area contributed by atoms with Gasteiger partial charge >= 0.3 is 0 Å². The Morgan fingerprint density at radius 3 is 2.00 bits per heavy atom. The summed E-state index contributed by atoms with van der Waals surface area (Å²) in [6.07, 6.45) is 1.79. The number of nitrogens with one attached hydrogen (secondary N) is 1. The maximum Gasteiger partial charge on any atom is 0.255 e. The second-order valence-corrected chi connectivity index (χ2v) is 9.85. The molecule has 1 aliphatic heterocycles. The Bertz CT molecular complexity index is 905. The Morgan fingerprint density at radius 2 is 1.48 bits per heavy atom. The molecule has 2 aromatic carbocycles. The van der Waals surface area contributed by atoms with E-state index in [1.807, 2.05) is 24.3 Å². The summed E-state index contributed by atoms with van der Waals surface area (Å²) in [7, 11) is -3.46. The largest absolute Gasteiger partial charge is 0.322 e. The van der Waals surface area contributed by atoms with E-state index in [0.29, 0.717) is 24.3 Å². The highest BCUT2D eigenvalue weighted by Gasteiger charge is 2.27. The fourth-order valence-electron chi connectivity index (χ4n) is 3.11. The Labute approximate surface area is 161 Å². The van der Waals surface area contributed by atoms with Gasteiger partial charge in [-0.1, -0.05) is 32.9 Å². The summed E-state index contributed by atoms with van der Waals surface area (Å²) < 4.78 is 26.6. The van der Waals surface area contributed by atoms with Gasteiger partial charge < -0.3 is 5.32 Å². The lowest BCUT2D eigenvalue weighted by Gasteiger charge is -2.19. The quantitative estimate of drug-likeness (QED) is 0.863.